The fraction of sp³-hybridized carbons (Fsp3) is 0.538. The lowest BCUT2D eigenvalue weighted by molar-refractivity contribution is 0.228. The Labute approximate surface area is 172 Å². The van der Waals surface area contributed by atoms with Crippen LogP contribution in [0.3, 0.4) is 0 Å². The summed E-state index contributed by atoms with van der Waals surface area (Å²) in [6.45, 7) is 17.4. The number of hydrogen-bond acceptors (Lipinski definition) is 2. The fourth-order valence-electron chi connectivity index (χ4n) is 3.41. The topological polar surface area (TPSA) is 18.5 Å². The molecule has 2 heteroatoms. The summed E-state index contributed by atoms with van der Waals surface area (Å²) in [5.41, 5.74) is 3.20. The van der Waals surface area contributed by atoms with Gasteiger partial charge in [-0.25, -0.2) is 0 Å². The molecule has 0 saturated heterocycles. The van der Waals surface area contributed by atoms with Crippen molar-refractivity contribution in [2.75, 3.05) is 13.2 Å². The first-order chi connectivity index (χ1) is 13.0. The van der Waals surface area contributed by atoms with E-state index < -0.39 is 0 Å². The molecule has 0 N–H and O–H groups in total. The molecule has 28 heavy (non-hydrogen) atoms. The van der Waals surface area contributed by atoms with E-state index in [4.69, 9.17) is 9.47 Å². The van der Waals surface area contributed by atoms with E-state index >= 15 is 0 Å². The molecule has 1 unspecified atom stereocenters. The minimum absolute atomic E-state index is 0.239. The van der Waals surface area contributed by atoms with Crippen molar-refractivity contribution in [3.8, 4) is 11.5 Å². The van der Waals surface area contributed by atoms with E-state index in [9.17, 15) is 0 Å². The maximum absolute atomic E-state index is 5.90. The van der Waals surface area contributed by atoms with Crippen LogP contribution in [0.15, 0.2) is 48.5 Å². The second-order valence-electron chi connectivity index (χ2n) is 10.1. The van der Waals surface area contributed by atoms with Crippen molar-refractivity contribution in [1.82, 2.24) is 0 Å². The molecular weight excluding hydrogens is 344 g/mol. The van der Waals surface area contributed by atoms with E-state index in [1.54, 1.807) is 0 Å². The molecule has 2 aromatic rings. The first-order valence-corrected chi connectivity index (χ1v) is 10.5. The number of benzene rings is 2. The Morgan fingerprint density at radius 2 is 1.18 bits per heavy atom. The van der Waals surface area contributed by atoms with Crippen molar-refractivity contribution < 1.29 is 9.47 Å². The lowest BCUT2D eigenvalue weighted by Crippen LogP contribution is -2.23. The van der Waals surface area contributed by atoms with Gasteiger partial charge in [0.25, 0.3) is 0 Å². The van der Waals surface area contributed by atoms with Gasteiger partial charge in [0.1, 0.15) is 11.5 Å². The largest absolute Gasteiger partial charge is 0.493 e. The maximum Gasteiger partial charge on any atom is 0.119 e. The highest BCUT2D eigenvalue weighted by Gasteiger charge is 2.30. The third-order valence-electron chi connectivity index (χ3n) is 4.99. The minimum Gasteiger partial charge on any atom is -0.493 e. The quantitative estimate of drug-likeness (QED) is 0.443. The van der Waals surface area contributed by atoms with Crippen LogP contribution in [0.4, 0.5) is 0 Å². The monoisotopic (exact) mass is 382 g/mol. The molecule has 0 aliphatic rings. The Balaban J connectivity index is 1.83. The van der Waals surface area contributed by atoms with Gasteiger partial charge in [0.2, 0.25) is 0 Å². The van der Waals surface area contributed by atoms with Crippen LogP contribution in [0.1, 0.15) is 71.4 Å². The average Bonchev–Trinajstić information content (AvgIpc) is 2.60. The van der Waals surface area contributed by atoms with Gasteiger partial charge in [0.05, 0.1) is 13.2 Å². The van der Waals surface area contributed by atoms with Gasteiger partial charge in [-0.05, 0) is 59.9 Å². The highest BCUT2D eigenvalue weighted by atomic mass is 16.5. The van der Waals surface area contributed by atoms with E-state index in [0.717, 1.165) is 17.9 Å². The second kappa shape index (κ2) is 9.49. The minimum atomic E-state index is 0.239. The Kier molecular flexibility index (Phi) is 7.57. The van der Waals surface area contributed by atoms with E-state index in [1.807, 2.05) is 12.1 Å². The Bertz CT molecular complexity index is 700. The third kappa shape index (κ3) is 7.58. The zero-order valence-electron chi connectivity index (χ0n) is 18.8. The summed E-state index contributed by atoms with van der Waals surface area (Å²) in [5, 5.41) is 0. The van der Waals surface area contributed by atoms with Crippen LogP contribution in [0, 0.1) is 17.8 Å². The first kappa shape index (κ1) is 22.3. The summed E-state index contributed by atoms with van der Waals surface area (Å²) >= 11 is 0. The van der Waals surface area contributed by atoms with Crippen LogP contribution in [-0.4, -0.2) is 13.2 Å². The molecule has 0 aliphatic carbocycles. The molecule has 1 atom stereocenters. The molecule has 0 aliphatic heterocycles. The lowest BCUT2D eigenvalue weighted by atomic mass is 9.69. The molecule has 2 nitrogen and oxygen atoms in total. The van der Waals surface area contributed by atoms with Crippen molar-refractivity contribution in [2.45, 2.75) is 67.2 Å². The smallest absolute Gasteiger partial charge is 0.119 e. The number of aryl methyl sites for hydroxylation is 1. The summed E-state index contributed by atoms with van der Waals surface area (Å²) in [7, 11) is 0. The number of rotatable bonds is 8. The van der Waals surface area contributed by atoms with E-state index in [-0.39, 0.29) is 5.41 Å². The average molecular weight is 383 g/mol. The van der Waals surface area contributed by atoms with Crippen molar-refractivity contribution in [2.24, 2.45) is 10.8 Å². The van der Waals surface area contributed by atoms with Gasteiger partial charge in [-0.2, -0.15) is 0 Å². The predicted molar refractivity (Wildman–Crippen MR) is 119 cm³/mol. The van der Waals surface area contributed by atoms with Gasteiger partial charge in [-0.1, -0.05) is 71.4 Å². The van der Waals surface area contributed by atoms with Gasteiger partial charge in [0.15, 0.2) is 0 Å². The van der Waals surface area contributed by atoms with Gasteiger partial charge < -0.3 is 9.47 Å². The highest BCUT2D eigenvalue weighted by molar-refractivity contribution is 5.30. The van der Waals surface area contributed by atoms with Crippen molar-refractivity contribution in [3.05, 3.63) is 59.7 Å². The molecule has 0 saturated carbocycles. The SMILES string of the molecule is Cc1ccc(OCCCOc2ccc(C(CC(C)(C)C)C(C)(C)C)cc2)cc1. The van der Waals surface area contributed by atoms with Crippen molar-refractivity contribution >= 4 is 0 Å². The summed E-state index contributed by atoms with van der Waals surface area (Å²) in [6.07, 6.45) is 2.04. The normalized spacial score (nSPS) is 13.2. The molecule has 0 radical (unpaired) electrons. The molecular formula is C26H38O2. The number of hydrogen-bond donors (Lipinski definition) is 0. The Hall–Kier alpha value is -1.96. The fourth-order valence-corrected chi connectivity index (χ4v) is 3.41. The zero-order valence-corrected chi connectivity index (χ0v) is 18.8. The number of ether oxygens (including phenoxy) is 2. The first-order valence-electron chi connectivity index (χ1n) is 10.5. The molecule has 0 fully saturated rings. The molecule has 0 aromatic heterocycles. The Morgan fingerprint density at radius 3 is 1.61 bits per heavy atom. The van der Waals surface area contributed by atoms with Gasteiger partial charge in [-0.15, -0.1) is 0 Å². The molecule has 2 aromatic carbocycles. The second-order valence-corrected chi connectivity index (χ2v) is 10.1. The summed E-state index contributed by atoms with van der Waals surface area (Å²) < 4.78 is 11.7. The van der Waals surface area contributed by atoms with E-state index in [0.29, 0.717) is 24.5 Å². The molecule has 0 amide bonds. The standard InChI is InChI=1S/C26H38O2/c1-20-9-13-22(14-10-20)27-17-8-18-28-23-15-11-21(12-16-23)24(26(5,6)7)19-25(2,3)4/h9-16,24H,8,17-19H2,1-7H3. The van der Waals surface area contributed by atoms with Crippen LogP contribution in [0.25, 0.3) is 0 Å². The predicted octanol–water partition coefficient (Wildman–Crippen LogP) is 7.41. The zero-order chi connectivity index (χ0) is 20.8. The van der Waals surface area contributed by atoms with Crippen molar-refractivity contribution in [1.29, 1.82) is 0 Å². The molecule has 0 spiro atoms. The molecule has 2 rings (SSSR count). The maximum atomic E-state index is 5.90. The summed E-state index contributed by atoms with van der Waals surface area (Å²) in [6, 6.07) is 16.8. The lowest BCUT2D eigenvalue weighted by Gasteiger charge is -2.36. The summed E-state index contributed by atoms with van der Waals surface area (Å²) in [5.74, 6) is 2.38. The van der Waals surface area contributed by atoms with Gasteiger partial charge in [-0.3, -0.25) is 0 Å². The van der Waals surface area contributed by atoms with Crippen LogP contribution >= 0.6 is 0 Å². The molecule has 0 heterocycles. The van der Waals surface area contributed by atoms with Crippen LogP contribution < -0.4 is 9.47 Å². The van der Waals surface area contributed by atoms with Crippen LogP contribution in [-0.2, 0) is 0 Å². The van der Waals surface area contributed by atoms with Crippen LogP contribution in [0.5, 0.6) is 11.5 Å². The molecule has 154 valence electrons. The van der Waals surface area contributed by atoms with Gasteiger partial charge in [0, 0.05) is 6.42 Å². The molecule has 0 bridgehead atoms. The van der Waals surface area contributed by atoms with Gasteiger partial charge >= 0.3 is 0 Å². The highest BCUT2D eigenvalue weighted by Crippen LogP contribution is 2.43. The van der Waals surface area contributed by atoms with Crippen molar-refractivity contribution in [3.63, 3.8) is 0 Å². The van der Waals surface area contributed by atoms with E-state index in [1.165, 1.54) is 17.5 Å². The Morgan fingerprint density at radius 1 is 0.714 bits per heavy atom. The van der Waals surface area contributed by atoms with Crippen LogP contribution in [0.2, 0.25) is 0 Å². The summed E-state index contributed by atoms with van der Waals surface area (Å²) in [4.78, 5) is 0. The van der Waals surface area contributed by atoms with E-state index in [2.05, 4.69) is 84.9 Å². The third-order valence-corrected chi connectivity index (χ3v) is 4.99.